The first-order chi connectivity index (χ1) is 21.0. The van der Waals surface area contributed by atoms with Crippen LogP contribution >= 0.6 is 0 Å². The van der Waals surface area contributed by atoms with Crippen molar-refractivity contribution in [3.8, 4) is 17.0 Å². The summed E-state index contributed by atoms with van der Waals surface area (Å²) in [6, 6.07) is 12.0. The summed E-state index contributed by atoms with van der Waals surface area (Å²) in [4.78, 5) is 32.0. The first-order valence-corrected chi connectivity index (χ1v) is 14.4. The van der Waals surface area contributed by atoms with Crippen LogP contribution in [0.25, 0.3) is 22.2 Å². The van der Waals surface area contributed by atoms with Crippen molar-refractivity contribution >= 4 is 39.8 Å². The normalized spacial score (nSPS) is 13.8. The summed E-state index contributed by atoms with van der Waals surface area (Å²) in [5.41, 5.74) is 5.14. The fourth-order valence-corrected chi connectivity index (χ4v) is 5.19. The Morgan fingerprint density at radius 1 is 1.18 bits per heavy atom. The average Bonchev–Trinajstić information content (AvgIpc) is 3.54. The number of methoxy groups -OCH3 is 1. The quantitative estimate of drug-likeness (QED) is 0.225. The van der Waals surface area contributed by atoms with Crippen LogP contribution in [0.1, 0.15) is 25.0 Å². The van der Waals surface area contributed by atoms with Gasteiger partial charge < -0.3 is 34.6 Å². The topological polar surface area (TPSA) is 109 Å². The zero-order chi connectivity index (χ0) is 31.6. The van der Waals surface area contributed by atoms with Gasteiger partial charge in [-0.25, -0.2) is 9.97 Å². The van der Waals surface area contributed by atoms with Crippen LogP contribution in [0.15, 0.2) is 66.6 Å². The maximum Gasteiger partial charge on any atom is 0.227 e. The number of ketones is 1. The molecule has 0 amide bonds. The summed E-state index contributed by atoms with van der Waals surface area (Å²) in [6.07, 6.45) is 5.34. The van der Waals surface area contributed by atoms with Gasteiger partial charge in [0.05, 0.1) is 24.1 Å². The molecule has 0 bridgehead atoms. The molecule has 0 saturated carbocycles. The van der Waals surface area contributed by atoms with Crippen LogP contribution in [0.5, 0.6) is 5.75 Å². The lowest BCUT2D eigenvalue weighted by Gasteiger charge is -2.26. The number of benzene rings is 2. The van der Waals surface area contributed by atoms with Crippen LogP contribution in [-0.4, -0.2) is 78.1 Å². The predicted molar refractivity (Wildman–Crippen MR) is 176 cm³/mol. The smallest absolute Gasteiger partial charge is 0.227 e. The molecule has 4 aromatic rings. The van der Waals surface area contributed by atoms with Gasteiger partial charge in [0.2, 0.25) is 11.7 Å². The third-order valence-electron chi connectivity index (χ3n) is 7.51. The number of hydrogen-bond donors (Lipinski definition) is 2. The molecule has 11 nitrogen and oxygen atoms in total. The van der Waals surface area contributed by atoms with E-state index < -0.39 is 5.72 Å². The third-order valence-corrected chi connectivity index (χ3v) is 7.51. The van der Waals surface area contributed by atoms with Gasteiger partial charge in [-0.05, 0) is 51.7 Å². The van der Waals surface area contributed by atoms with Gasteiger partial charge in [0.25, 0.3) is 0 Å². The Bertz CT molecular complexity index is 1740. The van der Waals surface area contributed by atoms with Gasteiger partial charge in [-0.15, -0.1) is 0 Å². The van der Waals surface area contributed by atoms with Crippen molar-refractivity contribution in [3.63, 3.8) is 0 Å². The number of ether oxygens (including phenoxy) is 1. The van der Waals surface area contributed by atoms with Gasteiger partial charge in [-0.1, -0.05) is 29.9 Å². The fraction of sp³-hybridized carbons (Fsp3) is 0.333. The summed E-state index contributed by atoms with van der Waals surface area (Å²) in [6.45, 7) is 9.10. The number of amidine groups is 1. The SMILES string of the molecule is C=CC(=O)Cc1cc(Nc2ncc(C3=NOC(C)(C)N3)c(-c3cn(C)c4ccccc34)n2)c(OC)cc1N(C)CCN(C)C. The highest BCUT2D eigenvalue weighted by Gasteiger charge is 2.31. The Morgan fingerprint density at radius 3 is 2.64 bits per heavy atom. The largest absolute Gasteiger partial charge is 0.494 e. The number of nitrogens with one attached hydrogen (secondary N) is 2. The van der Waals surface area contributed by atoms with Crippen LogP contribution < -0.4 is 20.3 Å². The molecule has 0 aliphatic carbocycles. The van der Waals surface area contributed by atoms with Crippen molar-refractivity contribution in [3.05, 3.63) is 72.6 Å². The second-order valence-electron chi connectivity index (χ2n) is 11.7. The third kappa shape index (κ3) is 6.37. The van der Waals surface area contributed by atoms with Crippen LogP contribution in [0.3, 0.4) is 0 Å². The Balaban J connectivity index is 1.60. The number of carbonyl (C=O) groups excluding carboxylic acids is 1. The van der Waals surface area contributed by atoms with Crippen molar-refractivity contribution in [2.75, 3.05) is 51.6 Å². The van der Waals surface area contributed by atoms with Crippen LogP contribution in [0.2, 0.25) is 0 Å². The number of para-hydroxylation sites is 1. The highest BCUT2D eigenvalue weighted by Crippen LogP contribution is 2.37. The monoisotopic (exact) mass is 596 g/mol. The predicted octanol–water partition coefficient (Wildman–Crippen LogP) is 4.70. The number of likely N-dealkylation sites (N-methyl/N-ethyl adjacent to an activating group) is 2. The number of fused-ring (bicyclic) bond motifs is 1. The van der Waals surface area contributed by atoms with Gasteiger partial charge in [0, 0.05) is 74.2 Å². The Labute approximate surface area is 258 Å². The molecule has 44 heavy (non-hydrogen) atoms. The molecule has 0 saturated heterocycles. The lowest BCUT2D eigenvalue weighted by atomic mass is 10.0. The van der Waals surface area contributed by atoms with Gasteiger partial charge in [0.15, 0.2) is 11.6 Å². The van der Waals surface area contributed by atoms with E-state index >= 15 is 0 Å². The van der Waals surface area contributed by atoms with E-state index in [1.165, 1.54) is 6.08 Å². The minimum Gasteiger partial charge on any atom is -0.494 e. The molecule has 1 aliphatic heterocycles. The first kappa shape index (κ1) is 30.6. The minimum atomic E-state index is -0.656. The van der Waals surface area contributed by atoms with Gasteiger partial charge in [-0.3, -0.25) is 4.79 Å². The molecular formula is C33H40N8O3. The number of aromatic nitrogens is 3. The number of carbonyl (C=O) groups is 1. The number of rotatable bonds is 12. The number of anilines is 3. The van der Waals surface area contributed by atoms with Crippen molar-refractivity contribution in [1.82, 2.24) is 24.8 Å². The second-order valence-corrected chi connectivity index (χ2v) is 11.7. The molecule has 3 heterocycles. The Kier molecular flexibility index (Phi) is 8.59. The first-order valence-electron chi connectivity index (χ1n) is 14.4. The number of aryl methyl sites for hydroxylation is 1. The van der Waals surface area contributed by atoms with E-state index in [0.29, 0.717) is 34.5 Å². The van der Waals surface area contributed by atoms with Crippen molar-refractivity contribution < 1.29 is 14.4 Å². The molecule has 2 aromatic heterocycles. The Morgan fingerprint density at radius 2 is 1.95 bits per heavy atom. The van der Waals surface area contributed by atoms with Crippen molar-refractivity contribution in [2.45, 2.75) is 26.0 Å². The van der Waals surface area contributed by atoms with Crippen molar-refractivity contribution in [2.24, 2.45) is 12.2 Å². The average molecular weight is 597 g/mol. The molecule has 2 aromatic carbocycles. The molecule has 1 aliphatic rings. The van der Waals surface area contributed by atoms with E-state index in [1.807, 2.05) is 66.3 Å². The molecule has 0 fully saturated rings. The summed E-state index contributed by atoms with van der Waals surface area (Å²) < 4.78 is 7.89. The summed E-state index contributed by atoms with van der Waals surface area (Å²) in [7, 11) is 9.71. The molecular weight excluding hydrogens is 556 g/mol. The lowest BCUT2D eigenvalue weighted by molar-refractivity contribution is -0.114. The van der Waals surface area contributed by atoms with Gasteiger partial charge in [-0.2, -0.15) is 0 Å². The molecule has 0 atom stereocenters. The number of oxime groups is 1. The highest BCUT2D eigenvalue weighted by molar-refractivity contribution is 6.07. The molecule has 2 N–H and O–H groups in total. The van der Waals surface area contributed by atoms with Crippen molar-refractivity contribution in [1.29, 1.82) is 0 Å². The molecule has 5 rings (SSSR count). The minimum absolute atomic E-state index is 0.0720. The lowest BCUT2D eigenvalue weighted by Crippen LogP contribution is -2.39. The van der Waals surface area contributed by atoms with Crippen LogP contribution in [0, 0.1) is 0 Å². The maximum atomic E-state index is 12.5. The number of hydrogen-bond acceptors (Lipinski definition) is 10. The Hall–Kier alpha value is -4.90. The van der Waals surface area contributed by atoms with Gasteiger partial charge in [0.1, 0.15) is 5.75 Å². The standard InChI is InChI=1S/C33H40N8O3/c1-9-22(42)16-21-17-26(29(43-8)18-28(21)40(6)15-14-39(4)5)35-32-34-19-24(31-37-33(2,3)44-38-31)30(36-32)25-20-41(7)27-13-11-10-12-23(25)27/h9-13,17-20H,1,14-16H2,2-8H3,(H,37,38)(H,34,35,36). The molecule has 0 unspecified atom stereocenters. The molecule has 0 spiro atoms. The zero-order valence-electron chi connectivity index (χ0n) is 26.4. The second kappa shape index (κ2) is 12.4. The van der Waals surface area contributed by atoms with E-state index in [2.05, 4.69) is 60.0 Å². The number of allylic oxidation sites excluding steroid dienone is 1. The van der Waals surface area contributed by atoms with E-state index in [0.717, 1.165) is 40.8 Å². The maximum absolute atomic E-state index is 12.5. The molecule has 0 radical (unpaired) electrons. The number of nitrogens with zero attached hydrogens (tertiary/aromatic N) is 6. The summed E-state index contributed by atoms with van der Waals surface area (Å²) in [5.74, 6) is 1.45. The molecule has 11 heteroatoms. The van der Waals surface area contributed by atoms with Gasteiger partial charge >= 0.3 is 0 Å². The molecule has 230 valence electrons. The zero-order valence-corrected chi connectivity index (χ0v) is 26.4. The highest BCUT2D eigenvalue weighted by atomic mass is 16.7. The van der Waals surface area contributed by atoms with E-state index in [1.54, 1.807) is 13.3 Å². The summed E-state index contributed by atoms with van der Waals surface area (Å²) >= 11 is 0. The van der Waals surface area contributed by atoms with Crippen LogP contribution in [-0.2, 0) is 23.1 Å². The van der Waals surface area contributed by atoms with E-state index in [9.17, 15) is 4.79 Å². The van der Waals surface area contributed by atoms with E-state index in [-0.39, 0.29) is 12.2 Å². The summed E-state index contributed by atoms with van der Waals surface area (Å²) in [5, 5.41) is 12.0. The van der Waals surface area contributed by atoms with Crippen LogP contribution in [0.4, 0.5) is 17.3 Å². The fourth-order valence-electron chi connectivity index (χ4n) is 5.19. The van der Waals surface area contributed by atoms with E-state index in [4.69, 9.17) is 14.6 Å².